The lowest BCUT2D eigenvalue weighted by molar-refractivity contribution is 0.274. The summed E-state index contributed by atoms with van der Waals surface area (Å²) < 4.78 is 0. The lowest BCUT2D eigenvalue weighted by Crippen LogP contribution is -2.29. The third-order valence-electron chi connectivity index (χ3n) is 4.20. The molecule has 106 valence electrons. The first-order valence-corrected chi connectivity index (χ1v) is 7.69. The van der Waals surface area contributed by atoms with Crippen LogP contribution in [-0.4, -0.2) is 17.8 Å². The highest BCUT2D eigenvalue weighted by molar-refractivity contribution is 5.35. The summed E-state index contributed by atoms with van der Waals surface area (Å²) in [6.45, 7) is 4.73. The molecule has 0 spiro atoms. The van der Waals surface area contributed by atoms with E-state index in [1.165, 1.54) is 31.2 Å². The van der Waals surface area contributed by atoms with Gasteiger partial charge in [-0.3, -0.25) is 0 Å². The molecule has 0 heterocycles. The van der Waals surface area contributed by atoms with Gasteiger partial charge in [0.1, 0.15) is 0 Å². The van der Waals surface area contributed by atoms with Crippen molar-refractivity contribution in [3.05, 3.63) is 34.9 Å². The van der Waals surface area contributed by atoms with Crippen LogP contribution in [0.4, 0.5) is 0 Å². The van der Waals surface area contributed by atoms with E-state index in [-0.39, 0.29) is 0 Å². The van der Waals surface area contributed by atoms with Gasteiger partial charge in [-0.2, -0.15) is 0 Å². The first kappa shape index (κ1) is 14.5. The van der Waals surface area contributed by atoms with E-state index < -0.39 is 0 Å². The fraction of sp³-hybridized carbons (Fsp3) is 0.647. The zero-order chi connectivity index (χ0) is 13.7. The van der Waals surface area contributed by atoms with Crippen molar-refractivity contribution in [1.29, 1.82) is 0 Å². The molecular formula is C17H27NO. The van der Waals surface area contributed by atoms with Crippen LogP contribution in [0.5, 0.6) is 0 Å². The number of rotatable bonds is 6. The van der Waals surface area contributed by atoms with Crippen molar-refractivity contribution in [1.82, 2.24) is 5.32 Å². The van der Waals surface area contributed by atoms with Crippen LogP contribution in [0.1, 0.15) is 62.3 Å². The molecule has 0 fully saturated rings. The first-order chi connectivity index (χ1) is 9.20. The maximum atomic E-state index is 8.87. The minimum absolute atomic E-state index is 0.291. The van der Waals surface area contributed by atoms with Crippen molar-refractivity contribution >= 4 is 0 Å². The van der Waals surface area contributed by atoms with Crippen molar-refractivity contribution in [2.45, 2.75) is 64.5 Å². The fourth-order valence-electron chi connectivity index (χ4n) is 3.03. The molecule has 0 saturated heterocycles. The van der Waals surface area contributed by atoms with Gasteiger partial charge in [-0.05, 0) is 69.1 Å². The van der Waals surface area contributed by atoms with Gasteiger partial charge in [0.25, 0.3) is 0 Å². The van der Waals surface area contributed by atoms with Gasteiger partial charge in [-0.25, -0.2) is 0 Å². The van der Waals surface area contributed by atoms with Crippen molar-refractivity contribution in [3.63, 3.8) is 0 Å². The Morgan fingerprint density at radius 3 is 2.63 bits per heavy atom. The minimum Gasteiger partial charge on any atom is -0.396 e. The second-order valence-corrected chi connectivity index (χ2v) is 5.89. The molecule has 2 atom stereocenters. The van der Waals surface area contributed by atoms with E-state index in [1.54, 1.807) is 11.1 Å². The van der Waals surface area contributed by atoms with Crippen LogP contribution in [0.25, 0.3) is 0 Å². The predicted molar refractivity (Wildman–Crippen MR) is 80.4 cm³/mol. The van der Waals surface area contributed by atoms with Crippen molar-refractivity contribution < 1.29 is 5.11 Å². The molecule has 2 unspecified atom stereocenters. The molecule has 1 aliphatic rings. The highest BCUT2D eigenvalue weighted by atomic mass is 16.2. The van der Waals surface area contributed by atoms with Gasteiger partial charge < -0.3 is 10.4 Å². The molecule has 19 heavy (non-hydrogen) atoms. The number of hydrogen-bond acceptors (Lipinski definition) is 2. The van der Waals surface area contributed by atoms with Gasteiger partial charge >= 0.3 is 0 Å². The minimum atomic E-state index is 0.291. The Morgan fingerprint density at radius 2 is 1.89 bits per heavy atom. The average molecular weight is 261 g/mol. The van der Waals surface area contributed by atoms with Crippen LogP contribution in [-0.2, 0) is 12.8 Å². The molecule has 2 N–H and O–H groups in total. The fourth-order valence-corrected chi connectivity index (χ4v) is 3.03. The molecule has 0 radical (unpaired) electrons. The molecule has 1 aromatic carbocycles. The molecule has 2 heteroatoms. The molecule has 2 rings (SSSR count). The summed E-state index contributed by atoms with van der Waals surface area (Å²) in [5.41, 5.74) is 4.51. The van der Waals surface area contributed by atoms with Crippen LogP contribution >= 0.6 is 0 Å². The summed E-state index contributed by atoms with van der Waals surface area (Å²) in [6, 6.07) is 7.84. The molecule has 0 aromatic heterocycles. The maximum Gasteiger partial charge on any atom is 0.0431 e. The van der Waals surface area contributed by atoms with Crippen LogP contribution in [0.3, 0.4) is 0 Å². The van der Waals surface area contributed by atoms with E-state index in [0.29, 0.717) is 18.7 Å². The summed E-state index contributed by atoms with van der Waals surface area (Å²) in [7, 11) is 0. The van der Waals surface area contributed by atoms with E-state index in [0.717, 1.165) is 12.8 Å². The summed E-state index contributed by atoms with van der Waals surface area (Å²) in [5, 5.41) is 12.5. The van der Waals surface area contributed by atoms with Crippen LogP contribution < -0.4 is 5.32 Å². The van der Waals surface area contributed by atoms with Gasteiger partial charge in [0.05, 0.1) is 0 Å². The Bertz CT molecular complexity index is 402. The second-order valence-electron chi connectivity index (χ2n) is 5.89. The van der Waals surface area contributed by atoms with Gasteiger partial charge in [0, 0.05) is 18.7 Å². The quantitative estimate of drug-likeness (QED) is 0.823. The van der Waals surface area contributed by atoms with Gasteiger partial charge in [0.15, 0.2) is 0 Å². The van der Waals surface area contributed by atoms with Crippen molar-refractivity contribution in [2.75, 3.05) is 6.61 Å². The highest BCUT2D eigenvalue weighted by Crippen LogP contribution is 2.25. The normalized spacial score (nSPS) is 17.8. The van der Waals surface area contributed by atoms with Gasteiger partial charge in [-0.15, -0.1) is 0 Å². The van der Waals surface area contributed by atoms with E-state index in [9.17, 15) is 0 Å². The molecule has 0 aliphatic heterocycles. The second kappa shape index (κ2) is 7.06. The van der Waals surface area contributed by atoms with Crippen molar-refractivity contribution in [3.8, 4) is 0 Å². The van der Waals surface area contributed by atoms with E-state index in [1.807, 2.05) is 0 Å². The number of aliphatic hydroxyl groups is 1. The van der Waals surface area contributed by atoms with Crippen LogP contribution in [0.15, 0.2) is 18.2 Å². The van der Waals surface area contributed by atoms with Gasteiger partial charge in [-0.1, -0.05) is 18.2 Å². The Hall–Kier alpha value is -0.860. The molecule has 0 bridgehead atoms. The summed E-state index contributed by atoms with van der Waals surface area (Å²) in [4.78, 5) is 0. The third-order valence-corrected chi connectivity index (χ3v) is 4.20. The number of aliphatic hydroxyl groups excluding tert-OH is 1. The predicted octanol–water partition coefficient (Wildman–Crippen LogP) is 3.38. The topological polar surface area (TPSA) is 32.3 Å². The lowest BCUT2D eigenvalue weighted by atomic mass is 9.89. The Morgan fingerprint density at radius 1 is 1.16 bits per heavy atom. The number of hydrogen-bond donors (Lipinski definition) is 2. The molecule has 0 saturated carbocycles. The standard InChI is InChI=1S/C17H27NO/c1-13(6-5-11-19)18-14(2)16-10-9-15-7-3-4-8-17(15)12-16/h9-10,12-14,18-19H,3-8,11H2,1-2H3. The smallest absolute Gasteiger partial charge is 0.0431 e. The molecule has 1 aliphatic carbocycles. The Balaban J connectivity index is 1.97. The van der Waals surface area contributed by atoms with Crippen molar-refractivity contribution in [2.24, 2.45) is 0 Å². The number of benzene rings is 1. The lowest BCUT2D eigenvalue weighted by Gasteiger charge is -2.23. The van der Waals surface area contributed by atoms with E-state index in [2.05, 4.69) is 37.4 Å². The largest absolute Gasteiger partial charge is 0.396 e. The SMILES string of the molecule is CC(CCCO)NC(C)c1ccc2c(c1)CCCC2. The average Bonchev–Trinajstić information content (AvgIpc) is 2.44. The highest BCUT2D eigenvalue weighted by Gasteiger charge is 2.13. The zero-order valence-corrected chi connectivity index (χ0v) is 12.3. The Kier molecular flexibility index (Phi) is 5.41. The maximum absolute atomic E-state index is 8.87. The van der Waals surface area contributed by atoms with E-state index >= 15 is 0 Å². The summed E-state index contributed by atoms with van der Waals surface area (Å²) in [6.07, 6.45) is 7.10. The molecular weight excluding hydrogens is 234 g/mol. The van der Waals surface area contributed by atoms with Crippen LogP contribution in [0, 0.1) is 0 Å². The number of nitrogens with one attached hydrogen (secondary N) is 1. The summed E-state index contributed by atoms with van der Waals surface area (Å²) >= 11 is 0. The third kappa shape index (κ3) is 4.05. The zero-order valence-electron chi connectivity index (χ0n) is 12.3. The number of aryl methyl sites for hydroxylation is 2. The molecule has 1 aromatic rings. The van der Waals surface area contributed by atoms with Gasteiger partial charge in [0.2, 0.25) is 0 Å². The monoisotopic (exact) mass is 261 g/mol. The Labute approximate surface area is 117 Å². The van der Waals surface area contributed by atoms with Crippen LogP contribution in [0.2, 0.25) is 0 Å². The molecule has 0 amide bonds. The molecule has 2 nitrogen and oxygen atoms in total. The summed E-state index contributed by atoms with van der Waals surface area (Å²) in [5.74, 6) is 0. The van der Waals surface area contributed by atoms with E-state index in [4.69, 9.17) is 5.11 Å². The first-order valence-electron chi connectivity index (χ1n) is 7.69. The number of fused-ring (bicyclic) bond motifs is 1.